The van der Waals surface area contributed by atoms with Gasteiger partial charge in [0.1, 0.15) is 5.66 Å². The summed E-state index contributed by atoms with van der Waals surface area (Å²) in [6.45, 7) is 2.09. The molecule has 5 rings (SSSR count). The van der Waals surface area contributed by atoms with Crippen LogP contribution < -0.4 is 10.2 Å². The highest BCUT2D eigenvalue weighted by Gasteiger charge is 2.52. The van der Waals surface area contributed by atoms with Crippen LogP contribution in [-0.4, -0.2) is 39.8 Å². The highest BCUT2D eigenvalue weighted by molar-refractivity contribution is 7.22. The summed E-state index contributed by atoms with van der Waals surface area (Å²) >= 11 is 7.36. The summed E-state index contributed by atoms with van der Waals surface area (Å²) < 4.78 is 0.887. The first-order valence-corrected chi connectivity index (χ1v) is 11.2. The highest BCUT2D eigenvalue weighted by atomic mass is 35.5. The van der Waals surface area contributed by atoms with Crippen molar-refractivity contribution in [1.82, 2.24) is 9.88 Å². The number of hydrogen-bond acceptors (Lipinski definition) is 5. The van der Waals surface area contributed by atoms with Gasteiger partial charge in [-0.05, 0) is 43.7 Å². The molecule has 1 fully saturated rings. The van der Waals surface area contributed by atoms with Gasteiger partial charge in [-0.2, -0.15) is 0 Å². The van der Waals surface area contributed by atoms with E-state index in [1.807, 2.05) is 13.0 Å². The summed E-state index contributed by atoms with van der Waals surface area (Å²) in [5.41, 5.74) is 1.13. The molecule has 0 bridgehead atoms. The minimum absolute atomic E-state index is 0.00922. The smallest absolute Gasteiger partial charge is 0.257 e. The van der Waals surface area contributed by atoms with Crippen molar-refractivity contribution in [3.63, 3.8) is 0 Å². The van der Waals surface area contributed by atoms with Crippen molar-refractivity contribution in [1.29, 1.82) is 0 Å². The van der Waals surface area contributed by atoms with Crippen LogP contribution in [-0.2, 0) is 9.59 Å². The van der Waals surface area contributed by atoms with Crippen molar-refractivity contribution in [2.45, 2.75) is 31.8 Å². The quantitative estimate of drug-likeness (QED) is 0.638. The lowest BCUT2D eigenvalue weighted by atomic mass is 9.98. The molecule has 1 N–H and O–H groups in total. The molecule has 158 valence electrons. The molecule has 31 heavy (non-hydrogen) atoms. The van der Waals surface area contributed by atoms with Crippen molar-refractivity contribution in [2.75, 3.05) is 16.8 Å². The van der Waals surface area contributed by atoms with Crippen LogP contribution in [0.1, 0.15) is 36.5 Å². The Balaban J connectivity index is 1.35. The first-order chi connectivity index (χ1) is 14.9. The number of nitrogens with one attached hydrogen (secondary N) is 1. The van der Waals surface area contributed by atoms with Crippen molar-refractivity contribution in [3.8, 4) is 0 Å². The van der Waals surface area contributed by atoms with Gasteiger partial charge in [0.15, 0.2) is 5.13 Å². The topological polar surface area (TPSA) is 82.6 Å². The van der Waals surface area contributed by atoms with E-state index in [-0.39, 0.29) is 30.7 Å². The molecule has 0 aliphatic carbocycles. The third-order valence-electron chi connectivity index (χ3n) is 5.90. The van der Waals surface area contributed by atoms with Crippen LogP contribution in [0.3, 0.4) is 0 Å². The third-order valence-corrected chi connectivity index (χ3v) is 7.07. The number of carbonyl (C=O) groups excluding carboxylic acids is 3. The number of thiazole rings is 1. The standard InChI is InChI=1S/C22H19ClN4O3S/c1-22-10-8-19(29)27(22)16-5-3-2-4-14(16)20(30)26(22)11-9-18(28)25-21-24-15-7-6-13(23)12-17(15)31-21/h2-7,12H,8-11H2,1H3,(H,24,25,28). The van der Waals surface area contributed by atoms with E-state index < -0.39 is 5.66 Å². The molecule has 0 spiro atoms. The lowest BCUT2D eigenvalue weighted by Gasteiger charge is -2.48. The van der Waals surface area contributed by atoms with Gasteiger partial charge in [-0.3, -0.25) is 19.3 Å². The summed E-state index contributed by atoms with van der Waals surface area (Å²) in [6.07, 6.45) is 1.00. The zero-order valence-electron chi connectivity index (χ0n) is 16.7. The van der Waals surface area contributed by atoms with Gasteiger partial charge in [-0.1, -0.05) is 35.1 Å². The van der Waals surface area contributed by atoms with Crippen LogP contribution in [0.25, 0.3) is 10.2 Å². The lowest BCUT2D eigenvalue weighted by Crippen LogP contribution is -2.62. The Labute approximate surface area is 187 Å². The number of amides is 3. The van der Waals surface area contributed by atoms with E-state index >= 15 is 0 Å². The molecule has 2 aromatic carbocycles. The average Bonchev–Trinajstić information content (AvgIpc) is 3.27. The SMILES string of the molecule is CC12CCC(=O)N1c1ccccc1C(=O)N2CCC(=O)Nc1nc2ccc(Cl)cc2s1. The summed E-state index contributed by atoms with van der Waals surface area (Å²) in [5, 5.41) is 3.91. The summed E-state index contributed by atoms with van der Waals surface area (Å²) in [7, 11) is 0. The van der Waals surface area contributed by atoms with E-state index in [1.165, 1.54) is 11.3 Å². The zero-order valence-corrected chi connectivity index (χ0v) is 18.3. The van der Waals surface area contributed by atoms with Crippen molar-refractivity contribution < 1.29 is 14.4 Å². The highest BCUT2D eigenvalue weighted by Crippen LogP contribution is 2.44. The number of halogens is 1. The fraction of sp³-hybridized carbons (Fsp3) is 0.273. The predicted octanol–water partition coefficient (Wildman–Crippen LogP) is 4.28. The van der Waals surface area contributed by atoms with E-state index in [1.54, 1.807) is 46.2 Å². The van der Waals surface area contributed by atoms with E-state index in [0.29, 0.717) is 34.2 Å². The second-order valence-corrected chi connectivity index (χ2v) is 9.32. The number of nitrogens with zero attached hydrogens (tertiary/aromatic N) is 3. The molecule has 1 aromatic heterocycles. The van der Waals surface area contributed by atoms with Gasteiger partial charge in [0, 0.05) is 24.4 Å². The number of hydrogen-bond donors (Lipinski definition) is 1. The molecule has 7 nitrogen and oxygen atoms in total. The van der Waals surface area contributed by atoms with Gasteiger partial charge in [0.2, 0.25) is 11.8 Å². The Morgan fingerprint density at radius 1 is 1.26 bits per heavy atom. The van der Waals surface area contributed by atoms with Crippen LogP contribution in [0.5, 0.6) is 0 Å². The first kappa shape index (κ1) is 20.0. The molecule has 0 radical (unpaired) electrons. The summed E-state index contributed by atoms with van der Waals surface area (Å²) in [6, 6.07) is 12.5. The fourth-order valence-electron chi connectivity index (χ4n) is 4.39. The Bertz CT molecular complexity index is 1240. The number of aromatic nitrogens is 1. The van der Waals surface area contributed by atoms with E-state index in [0.717, 1.165) is 10.2 Å². The molecular weight excluding hydrogens is 436 g/mol. The molecule has 1 atom stereocenters. The summed E-state index contributed by atoms with van der Waals surface area (Å²) in [5.74, 6) is -0.409. The number of rotatable bonds is 4. The van der Waals surface area contributed by atoms with Crippen molar-refractivity contribution in [3.05, 3.63) is 53.1 Å². The minimum Gasteiger partial charge on any atom is -0.315 e. The predicted molar refractivity (Wildman–Crippen MR) is 120 cm³/mol. The average molecular weight is 455 g/mol. The minimum atomic E-state index is -0.768. The normalized spacial score (nSPS) is 20.2. The number of anilines is 2. The van der Waals surface area contributed by atoms with E-state index in [9.17, 15) is 14.4 Å². The number of fused-ring (bicyclic) bond motifs is 4. The Kier molecular flexibility index (Phi) is 4.71. The van der Waals surface area contributed by atoms with Gasteiger partial charge < -0.3 is 10.2 Å². The molecule has 3 aromatic rings. The largest absolute Gasteiger partial charge is 0.315 e. The maximum absolute atomic E-state index is 13.2. The second-order valence-electron chi connectivity index (χ2n) is 7.85. The first-order valence-electron chi connectivity index (χ1n) is 9.97. The van der Waals surface area contributed by atoms with Crippen molar-refractivity contribution in [2.24, 2.45) is 0 Å². The third kappa shape index (κ3) is 3.26. The maximum Gasteiger partial charge on any atom is 0.257 e. The number of benzene rings is 2. The van der Waals surface area contributed by atoms with Crippen LogP contribution in [0.4, 0.5) is 10.8 Å². The Morgan fingerprint density at radius 3 is 2.90 bits per heavy atom. The zero-order chi connectivity index (χ0) is 21.8. The Morgan fingerprint density at radius 2 is 2.06 bits per heavy atom. The van der Waals surface area contributed by atoms with Gasteiger partial charge in [-0.25, -0.2) is 4.98 Å². The number of carbonyl (C=O) groups is 3. The molecule has 3 amide bonds. The van der Waals surface area contributed by atoms with Gasteiger partial charge in [-0.15, -0.1) is 0 Å². The van der Waals surface area contributed by atoms with E-state index in [2.05, 4.69) is 10.3 Å². The van der Waals surface area contributed by atoms with Gasteiger partial charge >= 0.3 is 0 Å². The molecule has 2 aliphatic heterocycles. The molecule has 1 unspecified atom stereocenters. The molecule has 9 heteroatoms. The molecule has 2 aliphatic rings. The molecule has 1 saturated heterocycles. The maximum atomic E-state index is 13.2. The van der Waals surface area contributed by atoms with Gasteiger partial charge in [0.25, 0.3) is 5.91 Å². The van der Waals surface area contributed by atoms with Crippen LogP contribution in [0, 0.1) is 0 Å². The number of para-hydroxylation sites is 1. The van der Waals surface area contributed by atoms with Crippen molar-refractivity contribution >= 4 is 61.7 Å². The molecule has 3 heterocycles. The monoisotopic (exact) mass is 454 g/mol. The molecular formula is C22H19ClN4O3S. The van der Waals surface area contributed by atoms with Crippen LogP contribution in [0.15, 0.2) is 42.5 Å². The molecule has 0 saturated carbocycles. The second kappa shape index (κ2) is 7.32. The van der Waals surface area contributed by atoms with E-state index in [4.69, 9.17) is 11.6 Å². The lowest BCUT2D eigenvalue weighted by molar-refractivity contribution is -0.117. The summed E-state index contributed by atoms with van der Waals surface area (Å²) in [4.78, 5) is 46.2. The van der Waals surface area contributed by atoms with Crippen LogP contribution in [0.2, 0.25) is 5.02 Å². The van der Waals surface area contributed by atoms with Gasteiger partial charge in [0.05, 0.1) is 21.5 Å². The van der Waals surface area contributed by atoms with Crippen LogP contribution >= 0.6 is 22.9 Å². The fourth-order valence-corrected chi connectivity index (χ4v) is 5.55. The Hall–Kier alpha value is -2.97.